The molecule has 4 rings (SSSR count). The van der Waals surface area contributed by atoms with Crippen LogP contribution in [-0.4, -0.2) is 22.1 Å². The molecule has 0 bridgehead atoms. The zero-order chi connectivity index (χ0) is 17.8. The molecule has 0 saturated carbocycles. The molecular weight excluding hydrogens is 383 g/mol. The Morgan fingerprint density at radius 1 is 0.654 bits per heavy atom. The van der Waals surface area contributed by atoms with Crippen LogP contribution in [0.5, 0.6) is 5.75 Å². The van der Waals surface area contributed by atoms with Crippen LogP contribution >= 0.6 is 0 Å². The van der Waals surface area contributed by atoms with Crippen LogP contribution in [0.3, 0.4) is 0 Å². The summed E-state index contributed by atoms with van der Waals surface area (Å²) in [4.78, 5) is 0. The number of para-hydroxylation sites is 1. The molecule has 26 heavy (non-hydrogen) atoms. The quantitative estimate of drug-likeness (QED) is 0.517. The first-order valence-corrected chi connectivity index (χ1v) is 10.4. The molecule has 1 nitrogen and oxygen atoms in total. The van der Waals surface area contributed by atoms with Gasteiger partial charge < -0.3 is 0 Å². The molecular formula is C24H20OSe. The first-order valence-electron chi connectivity index (χ1n) is 8.70. The van der Waals surface area contributed by atoms with Crippen molar-refractivity contribution in [3.05, 3.63) is 114 Å². The van der Waals surface area contributed by atoms with E-state index in [1.807, 2.05) is 12.1 Å². The van der Waals surface area contributed by atoms with Gasteiger partial charge in [-0.05, 0) is 0 Å². The van der Waals surface area contributed by atoms with E-state index in [0.29, 0.717) is 0 Å². The van der Waals surface area contributed by atoms with Crippen molar-refractivity contribution in [2.24, 2.45) is 0 Å². The van der Waals surface area contributed by atoms with Gasteiger partial charge in [0.15, 0.2) is 0 Å². The molecule has 0 radical (unpaired) electrons. The number of ether oxygens (including phenoxy) is 1. The Kier molecular flexibility index (Phi) is 5.06. The monoisotopic (exact) mass is 404 g/mol. The van der Waals surface area contributed by atoms with Crippen LogP contribution in [0.1, 0.15) is 22.6 Å². The topological polar surface area (TPSA) is 9.23 Å². The Morgan fingerprint density at radius 2 is 1.15 bits per heavy atom. The summed E-state index contributed by atoms with van der Waals surface area (Å²) in [6.07, 6.45) is 4.80. The molecule has 0 aromatic heterocycles. The summed E-state index contributed by atoms with van der Waals surface area (Å²) >= 11 is 0.279. The minimum atomic E-state index is 0.215. The molecule has 0 amide bonds. The second-order valence-corrected chi connectivity index (χ2v) is 8.44. The third kappa shape index (κ3) is 3.53. The molecule has 3 aromatic carbocycles. The van der Waals surface area contributed by atoms with E-state index in [4.69, 9.17) is 4.74 Å². The molecule has 1 aliphatic heterocycles. The van der Waals surface area contributed by atoms with Gasteiger partial charge in [0.2, 0.25) is 0 Å². The molecule has 0 N–H and O–H groups in total. The van der Waals surface area contributed by atoms with Gasteiger partial charge in [-0.15, -0.1) is 0 Å². The summed E-state index contributed by atoms with van der Waals surface area (Å²) in [6.45, 7) is 0. The zero-order valence-electron chi connectivity index (χ0n) is 14.6. The summed E-state index contributed by atoms with van der Waals surface area (Å²) < 4.78 is 8.48. The maximum absolute atomic E-state index is 5.63. The number of hydrogen-bond donors (Lipinski definition) is 0. The average Bonchev–Trinajstić information content (AvgIpc) is 2.74. The summed E-state index contributed by atoms with van der Waals surface area (Å²) in [6, 6.07) is 29.8. The van der Waals surface area contributed by atoms with Crippen LogP contribution in [0.4, 0.5) is 0 Å². The van der Waals surface area contributed by atoms with Crippen molar-refractivity contribution in [3.63, 3.8) is 0 Å². The van der Waals surface area contributed by atoms with E-state index in [1.54, 1.807) is 7.11 Å². The average molecular weight is 403 g/mol. The SMILES string of the molecule is COc1ccccc1C1C=C(c2ccccc2)[Se]C(c2ccccc2)=C1. The second kappa shape index (κ2) is 7.78. The van der Waals surface area contributed by atoms with E-state index in [9.17, 15) is 0 Å². The molecule has 0 spiro atoms. The van der Waals surface area contributed by atoms with E-state index in [0.717, 1.165) is 5.75 Å². The predicted octanol–water partition coefficient (Wildman–Crippen LogP) is 5.58. The molecule has 2 heteroatoms. The molecule has 3 aromatic rings. The Hall–Kier alpha value is -2.54. The Morgan fingerprint density at radius 3 is 1.69 bits per heavy atom. The fraction of sp³-hybridized carbons (Fsp3) is 0.0833. The summed E-state index contributed by atoms with van der Waals surface area (Å²) in [5.74, 6) is 1.16. The predicted molar refractivity (Wildman–Crippen MR) is 110 cm³/mol. The Balaban J connectivity index is 1.82. The molecule has 0 atom stereocenters. The number of hydrogen-bond acceptors (Lipinski definition) is 1. The van der Waals surface area contributed by atoms with Gasteiger partial charge in [-0.1, -0.05) is 0 Å². The van der Waals surface area contributed by atoms with E-state index in [-0.39, 0.29) is 20.9 Å². The van der Waals surface area contributed by atoms with Gasteiger partial charge in [0.05, 0.1) is 0 Å². The van der Waals surface area contributed by atoms with E-state index >= 15 is 0 Å². The van der Waals surface area contributed by atoms with Gasteiger partial charge in [-0.3, -0.25) is 0 Å². The summed E-state index contributed by atoms with van der Waals surface area (Å²) in [5.41, 5.74) is 3.84. The van der Waals surface area contributed by atoms with Crippen LogP contribution < -0.4 is 4.74 Å². The fourth-order valence-corrected chi connectivity index (χ4v) is 5.66. The van der Waals surface area contributed by atoms with Crippen LogP contribution in [0.2, 0.25) is 0 Å². The number of benzene rings is 3. The van der Waals surface area contributed by atoms with Crippen molar-refractivity contribution in [3.8, 4) is 5.75 Å². The van der Waals surface area contributed by atoms with E-state index in [2.05, 4.69) is 84.9 Å². The summed E-state index contributed by atoms with van der Waals surface area (Å²) in [5, 5.41) is 0. The van der Waals surface area contributed by atoms with Gasteiger partial charge in [0, 0.05) is 0 Å². The molecule has 1 heterocycles. The molecule has 128 valence electrons. The van der Waals surface area contributed by atoms with Gasteiger partial charge in [0.1, 0.15) is 0 Å². The van der Waals surface area contributed by atoms with Crippen molar-refractivity contribution in [1.82, 2.24) is 0 Å². The van der Waals surface area contributed by atoms with Crippen molar-refractivity contribution in [1.29, 1.82) is 0 Å². The second-order valence-electron chi connectivity index (χ2n) is 6.16. The third-order valence-electron chi connectivity index (χ3n) is 4.50. The van der Waals surface area contributed by atoms with Crippen LogP contribution in [0.25, 0.3) is 8.94 Å². The Bertz CT molecular complexity index is 887. The van der Waals surface area contributed by atoms with Crippen LogP contribution in [0.15, 0.2) is 97.1 Å². The maximum atomic E-state index is 5.63. The van der Waals surface area contributed by atoms with E-state index in [1.165, 1.54) is 25.6 Å². The molecule has 0 aliphatic carbocycles. The fourth-order valence-electron chi connectivity index (χ4n) is 3.20. The van der Waals surface area contributed by atoms with Crippen molar-refractivity contribution < 1.29 is 4.74 Å². The minimum absolute atomic E-state index is 0.215. The third-order valence-corrected chi connectivity index (χ3v) is 6.98. The van der Waals surface area contributed by atoms with Crippen LogP contribution in [-0.2, 0) is 0 Å². The molecule has 0 fully saturated rings. The van der Waals surface area contributed by atoms with Crippen LogP contribution in [0, 0.1) is 0 Å². The van der Waals surface area contributed by atoms with Crippen molar-refractivity contribution in [2.75, 3.05) is 7.11 Å². The molecule has 1 aliphatic rings. The van der Waals surface area contributed by atoms with Gasteiger partial charge >= 0.3 is 161 Å². The molecule has 0 unspecified atom stereocenters. The first-order chi connectivity index (χ1) is 12.8. The van der Waals surface area contributed by atoms with Gasteiger partial charge in [-0.2, -0.15) is 0 Å². The number of rotatable bonds is 4. The van der Waals surface area contributed by atoms with Gasteiger partial charge in [0.25, 0.3) is 0 Å². The standard InChI is InChI=1S/C24H20OSe/c1-25-22-15-9-8-14-21(22)20-16-23(18-10-4-2-5-11-18)26-24(17-20)19-12-6-3-7-13-19/h2-17,20H,1H3. The Labute approximate surface area is 161 Å². The molecule has 0 saturated heterocycles. The number of methoxy groups -OCH3 is 1. The normalized spacial score (nSPS) is 14.5. The van der Waals surface area contributed by atoms with Gasteiger partial charge in [-0.25, -0.2) is 0 Å². The summed E-state index contributed by atoms with van der Waals surface area (Å²) in [7, 11) is 1.75. The number of allylic oxidation sites excluding steroid dienone is 2. The van der Waals surface area contributed by atoms with E-state index < -0.39 is 0 Å². The van der Waals surface area contributed by atoms with Crippen molar-refractivity contribution >= 4 is 23.9 Å². The zero-order valence-corrected chi connectivity index (χ0v) is 16.3. The first kappa shape index (κ1) is 16.9. The van der Waals surface area contributed by atoms with Crippen molar-refractivity contribution in [2.45, 2.75) is 5.92 Å².